The molecule has 3 nitrogen and oxygen atoms in total. The largest absolute Gasteiger partial charge is 0.338 e. The fraction of sp³-hybridized carbons (Fsp3) is 0.111. The highest BCUT2D eigenvalue weighted by atomic mass is 32.2. The molecular weight excluding hydrogens is 398 g/mol. The number of anilines is 3. The molecule has 2 aliphatic rings. The number of fused-ring (bicyclic) bond motifs is 2. The van der Waals surface area contributed by atoms with Crippen molar-refractivity contribution in [2.24, 2.45) is 0 Å². The van der Waals surface area contributed by atoms with E-state index in [0.29, 0.717) is 0 Å². The van der Waals surface area contributed by atoms with E-state index in [-0.39, 0.29) is 0 Å². The molecule has 0 spiro atoms. The molecule has 0 saturated heterocycles. The summed E-state index contributed by atoms with van der Waals surface area (Å²) in [6, 6.07) is 29.5. The van der Waals surface area contributed by atoms with Gasteiger partial charge in [-0.15, -0.1) is 0 Å². The zero-order chi connectivity index (χ0) is 21.2. The highest BCUT2D eigenvalue weighted by Crippen LogP contribution is 2.49. The number of hydrogen-bond acceptors (Lipinski definition) is 4. The number of hydrogen-bond donors (Lipinski definition) is 1. The Morgan fingerprint density at radius 3 is 2.16 bits per heavy atom. The van der Waals surface area contributed by atoms with Gasteiger partial charge in [-0.1, -0.05) is 66.9 Å². The van der Waals surface area contributed by atoms with Gasteiger partial charge in [-0.05, 0) is 55.0 Å². The van der Waals surface area contributed by atoms with E-state index in [1.54, 1.807) is 0 Å². The lowest BCUT2D eigenvalue weighted by Crippen LogP contribution is -2.38. The van der Waals surface area contributed by atoms with Crippen molar-refractivity contribution in [1.82, 2.24) is 5.43 Å². The highest BCUT2D eigenvalue weighted by molar-refractivity contribution is 8.03. The second-order valence-corrected chi connectivity index (χ2v) is 8.69. The normalized spacial score (nSPS) is 15.2. The lowest BCUT2D eigenvalue weighted by molar-refractivity contribution is 0.763. The summed E-state index contributed by atoms with van der Waals surface area (Å²) in [7, 11) is 0. The average Bonchev–Trinajstić information content (AvgIpc) is 2.82. The minimum absolute atomic E-state index is 0.786. The Labute approximate surface area is 188 Å². The standard InChI is InChI=1S/C27H25N3S/c1-3-29-24-16-10-11-17-25(24)31-26-19-20(2)18-23(27(26)29)28-30(21-12-6-4-7-13-21)22-14-8-5-9-15-22/h4-17,19,28H,2-3,18H2,1H3. The van der Waals surface area contributed by atoms with Crippen LogP contribution in [0.15, 0.2) is 124 Å². The quantitative estimate of drug-likeness (QED) is 0.444. The molecule has 1 aliphatic carbocycles. The monoisotopic (exact) mass is 423 g/mol. The fourth-order valence-electron chi connectivity index (χ4n) is 4.13. The molecule has 0 unspecified atom stereocenters. The zero-order valence-corrected chi connectivity index (χ0v) is 18.4. The predicted molar refractivity (Wildman–Crippen MR) is 132 cm³/mol. The second-order valence-electron chi connectivity index (χ2n) is 7.60. The van der Waals surface area contributed by atoms with E-state index in [1.165, 1.54) is 26.9 Å². The molecule has 0 atom stereocenters. The van der Waals surface area contributed by atoms with E-state index in [9.17, 15) is 0 Å². The van der Waals surface area contributed by atoms with Crippen LogP contribution in [0.25, 0.3) is 0 Å². The molecule has 5 rings (SSSR count). The van der Waals surface area contributed by atoms with Crippen LogP contribution in [0.4, 0.5) is 17.1 Å². The van der Waals surface area contributed by atoms with E-state index in [0.717, 1.165) is 29.9 Å². The van der Waals surface area contributed by atoms with E-state index in [4.69, 9.17) is 0 Å². The summed E-state index contributed by atoms with van der Waals surface area (Å²) in [4.78, 5) is 4.96. The molecule has 0 aromatic heterocycles. The van der Waals surface area contributed by atoms with Crippen LogP contribution in [0.1, 0.15) is 13.3 Å². The summed E-state index contributed by atoms with van der Waals surface area (Å²) in [6.45, 7) is 7.43. The molecule has 4 heteroatoms. The molecule has 3 aromatic carbocycles. The maximum absolute atomic E-state index is 4.31. The third kappa shape index (κ3) is 3.75. The molecule has 0 saturated carbocycles. The van der Waals surface area contributed by atoms with Gasteiger partial charge in [0.2, 0.25) is 0 Å². The van der Waals surface area contributed by atoms with Crippen molar-refractivity contribution < 1.29 is 0 Å². The lowest BCUT2D eigenvalue weighted by Gasteiger charge is -2.39. The van der Waals surface area contributed by atoms with Crippen LogP contribution < -0.4 is 15.3 Å². The third-order valence-electron chi connectivity index (χ3n) is 5.50. The minimum atomic E-state index is 0.786. The van der Waals surface area contributed by atoms with Crippen LogP contribution in [-0.4, -0.2) is 6.54 Å². The second kappa shape index (κ2) is 8.40. The SMILES string of the molecule is C=C1C=C2Sc3ccccc3N(CC)C2=C(NN(c2ccccc2)c2ccccc2)C1. The van der Waals surface area contributed by atoms with Gasteiger partial charge in [-0.2, -0.15) is 0 Å². The van der Waals surface area contributed by atoms with Crippen molar-refractivity contribution >= 4 is 28.8 Å². The molecule has 1 heterocycles. The van der Waals surface area contributed by atoms with Crippen LogP contribution in [0.5, 0.6) is 0 Å². The summed E-state index contributed by atoms with van der Waals surface area (Å²) in [5.41, 5.74) is 10.7. The summed E-state index contributed by atoms with van der Waals surface area (Å²) in [5, 5.41) is 2.16. The van der Waals surface area contributed by atoms with Gasteiger partial charge in [0.1, 0.15) is 0 Å². The molecule has 0 bridgehead atoms. The third-order valence-corrected chi connectivity index (χ3v) is 6.59. The molecule has 31 heavy (non-hydrogen) atoms. The Morgan fingerprint density at radius 1 is 0.903 bits per heavy atom. The summed E-state index contributed by atoms with van der Waals surface area (Å²) < 4.78 is 0. The molecule has 0 fully saturated rings. The van der Waals surface area contributed by atoms with Gasteiger partial charge < -0.3 is 4.90 Å². The molecule has 3 aromatic rings. The number of rotatable bonds is 5. The van der Waals surface area contributed by atoms with Crippen LogP contribution in [0, 0.1) is 0 Å². The number of thioether (sulfide) groups is 1. The van der Waals surface area contributed by atoms with Crippen LogP contribution in [0.2, 0.25) is 0 Å². The van der Waals surface area contributed by atoms with E-state index < -0.39 is 0 Å². The van der Waals surface area contributed by atoms with Crippen LogP contribution >= 0.6 is 11.8 Å². The zero-order valence-electron chi connectivity index (χ0n) is 17.6. The fourth-order valence-corrected chi connectivity index (χ4v) is 5.35. The number of para-hydroxylation sites is 3. The number of allylic oxidation sites excluding steroid dienone is 2. The van der Waals surface area contributed by atoms with Gasteiger partial charge in [-0.25, -0.2) is 0 Å². The van der Waals surface area contributed by atoms with E-state index in [1.807, 2.05) is 23.9 Å². The Balaban J connectivity index is 1.63. The van der Waals surface area contributed by atoms with Crippen molar-refractivity contribution in [3.8, 4) is 0 Å². The smallest absolute Gasteiger partial charge is 0.0767 e. The van der Waals surface area contributed by atoms with Crippen molar-refractivity contribution in [1.29, 1.82) is 0 Å². The number of benzene rings is 3. The van der Waals surface area contributed by atoms with Gasteiger partial charge in [0.25, 0.3) is 0 Å². The van der Waals surface area contributed by atoms with Crippen molar-refractivity contribution in [3.05, 3.63) is 119 Å². The summed E-state index contributed by atoms with van der Waals surface area (Å²) >= 11 is 1.83. The lowest BCUT2D eigenvalue weighted by atomic mass is 10.0. The number of hydrazine groups is 1. The number of nitrogens with one attached hydrogen (secondary N) is 1. The summed E-state index contributed by atoms with van der Waals surface area (Å²) in [5.74, 6) is 0. The average molecular weight is 424 g/mol. The first-order valence-corrected chi connectivity index (χ1v) is 11.4. The molecule has 154 valence electrons. The maximum Gasteiger partial charge on any atom is 0.0767 e. The minimum Gasteiger partial charge on any atom is -0.338 e. The van der Waals surface area contributed by atoms with E-state index in [2.05, 4.69) is 108 Å². The molecule has 1 N–H and O–H groups in total. The summed E-state index contributed by atoms with van der Waals surface area (Å²) in [6.07, 6.45) is 3.02. The van der Waals surface area contributed by atoms with Crippen molar-refractivity contribution in [2.75, 3.05) is 16.5 Å². The highest BCUT2D eigenvalue weighted by Gasteiger charge is 2.31. The maximum atomic E-state index is 4.31. The van der Waals surface area contributed by atoms with Crippen LogP contribution in [-0.2, 0) is 0 Å². The van der Waals surface area contributed by atoms with Gasteiger partial charge in [0.05, 0.1) is 28.5 Å². The number of likely N-dealkylation sites (N-methyl/N-ethyl adjacent to an activating group) is 1. The first kappa shape index (κ1) is 19.6. The molecule has 0 radical (unpaired) electrons. The topological polar surface area (TPSA) is 18.5 Å². The Bertz CT molecular complexity index is 1130. The van der Waals surface area contributed by atoms with Crippen molar-refractivity contribution in [2.45, 2.75) is 18.2 Å². The van der Waals surface area contributed by atoms with Crippen molar-refractivity contribution in [3.63, 3.8) is 0 Å². The van der Waals surface area contributed by atoms with Gasteiger partial charge in [0.15, 0.2) is 0 Å². The predicted octanol–water partition coefficient (Wildman–Crippen LogP) is 7.02. The molecule has 1 aliphatic heterocycles. The van der Waals surface area contributed by atoms with E-state index >= 15 is 0 Å². The Morgan fingerprint density at radius 2 is 1.52 bits per heavy atom. The number of nitrogens with zero attached hydrogens (tertiary/aromatic N) is 2. The van der Waals surface area contributed by atoms with Gasteiger partial charge in [-0.3, -0.25) is 10.4 Å². The van der Waals surface area contributed by atoms with Crippen LogP contribution in [0.3, 0.4) is 0 Å². The van der Waals surface area contributed by atoms with Gasteiger partial charge in [0, 0.05) is 22.8 Å². The Kier molecular flexibility index (Phi) is 5.31. The first-order valence-electron chi connectivity index (χ1n) is 10.6. The molecule has 0 amide bonds. The first-order chi connectivity index (χ1) is 15.2. The Hall–Kier alpha value is -3.37. The molecular formula is C27H25N3S. The van der Waals surface area contributed by atoms with Gasteiger partial charge >= 0.3 is 0 Å².